The molecule has 1 aromatic carbocycles. The van der Waals surface area contributed by atoms with Crippen molar-refractivity contribution in [3.05, 3.63) is 42.0 Å². The van der Waals surface area contributed by atoms with E-state index in [2.05, 4.69) is 6.08 Å². The van der Waals surface area contributed by atoms with Gasteiger partial charge in [-0.3, -0.25) is 0 Å². The number of benzene rings is 1. The highest BCUT2D eigenvalue weighted by Gasteiger charge is 2.21. The SMILES string of the molecule is COc1cccc([C@@H]2C=CC[C@H]2O)c1. The first kappa shape index (κ1) is 9.28. The van der Waals surface area contributed by atoms with Gasteiger partial charge in [0.15, 0.2) is 0 Å². The molecule has 2 rings (SSSR count). The zero-order valence-corrected chi connectivity index (χ0v) is 8.18. The lowest BCUT2D eigenvalue weighted by Gasteiger charge is -2.14. The molecule has 0 saturated carbocycles. The third-order valence-corrected chi connectivity index (χ3v) is 2.61. The first-order chi connectivity index (χ1) is 6.81. The highest BCUT2D eigenvalue weighted by molar-refractivity contribution is 5.35. The molecule has 1 aromatic rings. The average Bonchev–Trinajstić information content (AvgIpc) is 2.65. The van der Waals surface area contributed by atoms with Gasteiger partial charge in [-0.15, -0.1) is 0 Å². The molecule has 1 aliphatic carbocycles. The summed E-state index contributed by atoms with van der Waals surface area (Å²) in [6.07, 6.45) is 4.55. The summed E-state index contributed by atoms with van der Waals surface area (Å²) >= 11 is 0. The summed E-state index contributed by atoms with van der Waals surface area (Å²) in [4.78, 5) is 0. The standard InChI is InChI=1S/C12H14O2/c1-14-10-5-2-4-9(8-10)11-6-3-7-12(11)13/h2-6,8,11-13H,7H2,1H3/t11-,12+/m0/s1. The molecule has 14 heavy (non-hydrogen) atoms. The summed E-state index contributed by atoms with van der Waals surface area (Å²) in [7, 11) is 1.65. The molecule has 0 fully saturated rings. The number of rotatable bonds is 2. The Kier molecular flexibility index (Phi) is 2.55. The van der Waals surface area contributed by atoms with E-state index in [9.17, 15) is 5.11 Å². The summed E-state index contributed by atoms with van der Waals surface area (Å²) in [5, 5.41) is 9.70. The fraction of sp³-hybridized carbons (Fsp3) is 0.333. The van der Waals surface area contributed by atoms with Crippen LogP contribution in [-0.2, 0) is 0 Å². The molecule has 0 unspecified atom stereocenters. The first-order valence-corrected chi connectivity index (χ1v) is 4.80. The molecular weight excluding hydrogens is 176 g/mol. The number of methoxy groups -OCH3 is 1. The van der Waals surface area contributed by atoms with Crippen molar-refractivity contribution in [2.45, 2.75) is 18.4 Å². The monoisotopic (exact) mass is 190 g/mol. The van der Waals surface area contributed by atoms with Gasteiger partial charge in [0.2, 0.25) is 0 Å². The molecule has 0 amide bonds. The van der Waals surface area contributed by atoms with E-state index in [4.69, 9.17) is 4.74 Å². The predicted octanol–water partition coefficient (Wildman–Crippen LogP) is 2.10. The largest absolute Gasteiger partial charge is 0.497 e. The maximum atomic E-state index is 9.70. The van der Waals surface area contributed by atoms with Crippen molar-refractivity contribution in [1.82, 2.24) is 0 Å². The quantitative estimate of drug-likeness (QED) is 0.724. The minimum absolute atomic E-state index is 0.130. The van der Waals surface area contributed by atoms with Gasteiger partial charge in [0, 0.05) is 5.92 Å². The fourth-order valence-electron chi connectivity index (χ4n) is 1.82. The third kappa shape index (κ3) is 1.66. The van der Waals surface area contributed by atoms with Crippen LogP contribution >= 0.6 is 0 Å². The minimum atomic E-state index is -0.276. The van der Waals surface area contributed by atoms with Crippen LogP contribution in [0.2, 0.25) is 0 Å². The number of hydrogen-bond acceptors (Lipinski definition) is 2. The van der Waals surface area contributed by atoms with E-state index in [0.717, 1.165) is 17.7 Å². The van der Waals surface area contributed by atoms with Crippen molar-refractivity contribution in [2.75, 3.05) is 7.11 Å². The molecule has 0 radical (unpaired) electrons. The van der Waals surface area contributed by atoms with E-state index in [-0.39, 0.29) is 12.0 Å². The van der Waals surface area contributed by atoms with Gasteiger partial charge >= 0.3 is 0 Å². The molecule has 0 saturated heterocycles. The Morgan fingerprint density at radius 2 is 2.29 bits per heavy atom. The highest BCUT2D eigenvalue weighted by atomic mass is 16.5. The molecule has 0 aliphatic heterocycles. The molecule has 2 heteroatoms. The van der Waals surface area contributed by atoms with Gasteiger partial charge in [0.25, 0.3) is 0 Å². The number of aliphatic hydroxyl groups excluding tert-OH is 1. The molecule has 2 atom stereocenters. The Hall–Kier alpha value is -1.28. The van der Waals surface area contributed by atoms with Crippen molar-refractivity contribution >= 4 is 0 Å². The van der Waals surface area contributed by atoms with Gasteiger partial charge in [0.1, 0.15) is 5.75 Å². The van der Waals surface area contributed by atoms with Crippen molar-refractivity contribution in [3.8, 4) is 5.75 Å². The van der Waals surface area contributed by atoms with E-state index >= 15 is 0 Å². The molecule has 1 N–H and O–H groups in total. The Bertz CT molecular complexity index is 344. The lowest BCUT2D eigenvalue weighted by molar-refractivity contribution is 0.171. The molecule has 2 nitrogen and oxygen atoms in total. The van der Waals surface area contributed by atoms with E-state index in [1.165, 1.54) is 0 Å². The maximum absolute atomic E-state index is 9.70. The second kappa shape index (κ2) is 3.84. The van der Waals surface area contributed by atoms with Crippen LogP contribution in [0.4, 0.5) is 0 Å². The van der Waals surface area contributed by atoms with Crippen LogP contribution in [0.5, 0.6) is 5.75 Å². The Balaban J connectivity index is 2.27. The third-order valence-electron chi connectivity index (χ3n) is 2.61. The summed E-state index contributed by atoms with van der Waals surface area (Å²) in [6, 6.07) is 7.86. The van der Waals surface area contributed by atoms with E-state index in [0.29, 0.717) is 0 Å². The van der Waals surface area contributed by atoms with Gasteiger partial charge in [-0.05, 0) is 24.1 Å². The van der Waals surface area contributed by atoms with Gasteiger partial charge in [0.05, 0.1) is 13.2 Å². The predicted molar refractivity (Wildman–Crippen MR) is 55.5 cm³/mol. The van der Waals surface area contributed by atoms with Crippen molar-refractivity contribution in [3.63, 3.8) is 0 Å². The zero-order chi connectivity index (χ0) is 9.97. The Morgan fingerprint density at radius 3 is 2.93 bits per heavy atom. The number of aliphatic hydroxyl groups is 1. The van der Waals surface area contributed by atoms with Gasteiger partial charge in [-0.25, -0.2) is 0 Å². The summed E-state index contributed by atoms with van der Waals surface area (Å²) in [5.41, 5.74) is 1.12. The zero-order valence-electron chi connectivity index (χ0n) is 8.18. The maximum Gasteiger partial charge on any atom is 0.119 e. The van der Waals surface area contributed by atoms with Gasteiger partial charge < -0.3 is 9.84 Å². The molecule has 0 heterocycles. The molecule has 74 valence electrons. The van der Waals surface area contributed by atoms with E-state index < -0.39 is 0 Å². The van der Waals surface area contributed by atoms with Crippen LogP contribution in [0, 0.1) is 0 Å². The van der Waals surface area contributed by atoms with Crippen molar-refractivity contribution in [1.29, 1.82) is 0 Å². The van der Waals surface area contributed by atoms with E-state index in [1.807, 2.05) is 30.3 Å². The normalized spacial score (nSPS) is 25.3. The van der Waals surface area contributed by atoms with Crippen LogP contribution in [0.1, 0.15) is 17.9 Å². The van der Waals surface area contributed by atoms with Crippen LogP contribution in [-0.4, -0.2) is 18.3 Å². The topological polar surface area (TPSA) is 29.5 Å². The second-order valence-corrected chi connectivity index (χ2v) is 3.53. The van der Waals surface area contributed by atoms with Crippen LogP contribution in [0.15, 0.2) is 36.4 Å². The fourth-order valence-corrected chi connectivity index (χ4v) is 1.82. The number of hydrogen-bond donors (Lipinski definition) is 1. The summed E-state index contributed by atoms with van der Waals surface area (Å²) in [6.45, 7) is 0. The summed E-state index contributed by atoms with van der Waals surface area (Å²) in [5.74, 6) is 0.972. The molecule has 1 aliphatic rings. The molecule has 0 bridgehead atoms. The lowest BCUT2D eigenvalue weighted by atomic mass is 9.96. The molecule has 0 spiro atoms. The first-order valence-electron chi connectivity index (χ1n) is 4.80. The Morgan fingerprint density at radius 1 is 1.43 bits per heavy atom. The van der Waals surface area contributed by atoms with Crippen LogP contribution in [0.25, 0.3) is 0 Å². The Labute approximate surface area is 83.8 Å². The van der Waals surface area contributed by atoms with Gasteiger partial charge in [-0.1, -0.05) is 24.3 Å². The van der Waals surface area contributed by atoms with Crippen LogP contribution in [0.3, 0.4) is 0 Å². The molecular formula is C12H14O2. The highest BCUT2D eigenvalue weighted by Crippen LogP contribution is 2.30. The second-order valence-electron chi connectivity index (χ2n) is 3.53. The summed E-state index contributed by atoms with van der Waals surface area (Å²) < 4.78 is 5.14. The van der Waals surface area contributed by atoms with Gasteiger partial charge in [-0.2, -0.15) is 0 Å². The van der Waals surface area contributed by atoms with Crippen molar-refractivity contribution < 1.29 is 9.84 Å². The van der Waals surface area contributed by atoms with E-state index in [1.54, 1.807) is 7.11 Å². The molecule has 0 aromatic heterocycles. The minimum Gasteiger partial charge on any atom is -0.497 e. The smallest absolute Gasteiger partial charge is 0.119 e. The average molecular weight is 190 g/mol. The number of ether oxygens (including phenoxy) is 1. The lowest BCUT2D eigenvalue weighted by Crippen LogP contribution is -2.11. The van der Waals surface area contributed by atoms with Crippen LogP contribution < -0.4 is 4.74 Å². The van der Waals surface area contributed by atoms with Crippen molar-refractivity contribution in [2.24, 2.45) is 0 Å².